The maximum atomic E-state index is 13.9. The first-order chi connectivity index (χ1) is 18.6. The Morgan fingerprint density at radius 2 is 1.64 bits per heavy atom. The molecule has 0 saturated heterocycles. The second-order valence-corrected chi connectivity index (χ2v) is 11.9. The lowest BCUT2D eigenvalue weighted by molar-refractivity contribution is -0.139. The third-order valence-corrected chi connectivity index (χ3v) is 8.67. The Kier molecular flexibility index (Phi) is 10.5. The van der Waals surface area contributed by atoms with Crippen molar-refractivity contribution in [3.05, 3.63) is 88.9 Å². The number of sulfonamides is 1. The lowest BCUT2D eigenvalue weighted by atomic mass is 10.1. The van der Waals surface area contributed by atoms with Gasteiger partial charge in [-0.2, -0.15) is 0 Å². The SMILES string of the molecule is CC[C@H](C)NC(=O)[C@@H](C)N(Cc1ccc(OC)cc1)C(=O)CN(c1cccc(Br)c1)S(=O)(=O)c1ccccc1. The van der Waals surface area contributed by atoms with Crippen molar-refractivity contribution >= 4 is 43.5 Å². The summed E-state index contributed by atoms with van der Waals surface area (Å²) in [7, 11) is -2.54. The zero-order valence-corrected chi connectivity index (χ0v) is 24.9. The van der Waals surface area contributed by atoms with E-state index in [0.717, 1.165) is 16.3 Å². The summed E-state index contributed by atoms with van der Waals surface area (Å²) in [5, 5.41) is 2.93. The van der Waals surface area contributed by atoms with Gasteiger partial charge in [-0.25, -0.2) is 8.42 Å². The van der Waals surface area contributed by atoms with Crippen LogP contribution in [0.4, 0.5) is 5.69 Å². The Hall–Kier alpha value is -3.37. The molecular weight excluding hydrogens is 582 g/mol. The first kappa shape index (κ1) is 30.2. The van der Waals surface area contributed by atoms with Gasteiger partial charge in [0, 0.05) is 17.1 Å². The number of anilines is 1. The maximum absolute atomic E-state index is 13.9. The highest BCUT2D eigenvalue weighted by Crippen LogP contribution is 2.27. The molecule has 3 aromatic rings. The molecule has 0 bridgehead atoms. The van der Waals surface area contributed by atoms with Gasteiger partial charge in [0.2, 0.25) is 11.8 Å². The van der Waals surface area contributed by atoms with Gasteiger partial charge < -0.3 is 15.0 Å². The Bertz CT molecular complexity index is 1370. The number of hydrogen-bond donors (Lipinski definition) is 1. The Morgan fingerprint density at radius 1 is 0.974 bits per heavy atom. The number of carbonyl (C=O) groups excluding carboxylic acids is 2. The zero-order chi connectivity index (χ0) is 28.6. The number of amides is 2. The number of rotatable bonds is 12. The first-order valence-electron chi connectivity index (χ1n) is 12.6. The van der Waals surface area contributed by atoms with Crippen LogP contribution in [0.3, 0.4) is 0 Å². The summed E-state index contributed by atoms with van der Waals surface area (Å²) in [6.07, 6.45) is 0.733. The van der Waals surface area contributed by atoms with E-state index < -0.39 is 28.5 Å². The molecule has 0 radical (unpaired) electrons. The topological polar surface area (TPSA) is 96.0 Å². The summed E-state index contributed by atoms with van der Waals surface area (Å²) in [6.45, 7) is 5.11. The van der Waals surface area contributed by atoms with Crippen LogP contribution in [0.1, 0.15) is 32.8 Å². The number of carbonyl (C=O) groups is 2. The van der Waals surface area contributed by atoms with Crippen molar-refractivity contribution in [2.75, 3.05) is 18.0 Å². The van der Waals surface area contributed by atoms with Gasteiger partial charge in [0.15, 0.2) is 0 Å². The normalized spacial score (nSPS) is 12.7. The molecule has 0 spiro atoms. The molecule has 0 aromatic heterocycles. The molecular formula is C29H34BrN3O5S. The van der Waals surface area contributed by atoms with Crippen LogP contribution in [-0.4, -0.2) is 50.9 Å². The number of nitrogens with zero attached hydrogens (tertiary/aromatic N) is 2. The lowest BCUT2D eigenvalue weighted by Gasteiger charge is -2.32. The Labute approximate surface area is 239 Å². The van der Waals surface area contributed by atoms with Crippen molar-refractivity contribution in [2.45, 2.75) is 50.7 Å². The van der Waals surface area contributed by atoms with E-state index in [1.807, 2.05) is 26.0 Å². The highest BCUT2D eigenvalue weighted by atomic mass is 79.9. The molecule has 0 fully saturated rings. The maximum Gasteiger partial charge on any atom is 0.264 e. The molecule has 1 N–H and O–H groups in total. The smallest absolute Gasteiger partial charge is 0.264 e. The molecule has 8 nitrogen and oxygen atoms in total. The van der Waals surface area contributed by atoms with E-state index in [1.165, 1.54) is 17.0 Å². The van der Waals surface area contributed by atoms with E-state index in [-0.39, 0.29) is 23.4 Å². The third-order valence-electron chi connectivity index (χ3n) is 6.39. The minimum atomic E-state index is -4.10. The summed E-state index contributed by atoms with van der Waals surface area (Å²) < 4.78 is 34.5. The van der Waals surface area contributed by atoms with E-state index >= 15 is 0 Å². The quantitative estimate of drug-likeness (QED) is 0.310. The van der Waals surface area contributed by atoms with Gasteiger partial charge in [-0.15, -0.1) is 0 Å². The molecule has 0 aliphatic rings. The van der Waals surface area contributed by atoms with Gasteiger partial charge in [-0.1, -0.05) is 59.3 Å². The molecule has 3 rings (SSSR count). The van der Waals surface area contributed by atoms with Crippen molar-refractivity contribution in [1.29, 1.82) is 0 Å². The van der Waals surface area contributed by atoms with Crippen LogP contribution in [0, 0.1) is 0 Å². The van der Waals surface area contributed by atoms with Crippen LogP contribution in [-0.2, 0) is 26.2 Å². The second-order valence-electron chi connectivity index (χ2n) is 9.17. The van der Waals surface area contributed by atoms with Crippen molar-refractivity contribution in [3.8, 4) is 5.75 Å². The van der Waals surface area contributed by atoms with E-state index in [1.54, 1.807) is 68.6 Å². The second kappa shape index (κ2) is 13.6. The average Bonchev–Trinajstić information content (AvgIpc) is 2.94. The molecule has 0 unspecified atom stereocenters. The molecule has 0 aliphatic carbocycles. The minimum absolute atomic E-state index is 0.0574. The summed E-state index contributed by atoms with van der Waals surface area (Å²) >= 11 is 3.40. The molecule has 10 heteroatoms. The van der Waals surface area contributed by atoms with Gasteiger partial charge in [-0.3, -0.25) is 13.9 Å². The Morgan fingerprint density at radius 3 is 2.23 bits per heavy atom. The lowest BCUT2D eigenvalue weighted by Crippen LogP contribution is -2.52. The zero-order valence-electron chi connectivity index (χ0n) is 22.5. The van der Waals surface area contributed by atoms with E-state index in [2.05, 4.69) is 21.2 Å². The third kappa shape index (κ3) is 7.83. The predicted molar refractivity (Wildman–Crippen MR) is 156 cm³/mol. The van der Waals surface area contributed by atoms with Crippen molar-refractivity contribution in [1.82, 2.24) is 10.2 Å². The Balaban J connectivity index is 2.01. The number of hydrogen-bond acceptors (Lipinski definition) is 5. The largest absolute Gasteiger partial charge is 0.497 e. The molecule has 2 atom stereocenters. The number of ether oxygens (including phenoxy) is 1. The summed E-state index contributed by atoms with van der Waals surface area (Å²) in [5.41, 5.74) is 1.09. The van der Waals surface area contributed by atoms with Gasteiger partial charge in [0.25, 0.3) is 10.0 Å². The van der Waals surface area contributed by atoms with Crippen molar-refractivity contribution < 1.29 is 22.7 Å². The van der Waals surface area contributed by atoms with Gasteiger partial charge in [0.1, 0.15) is 18.3 Å². The minimum Gasteiger partial charge on any atom is -0.497 e. The van der Waals surface area contributed by atoms with Gasteiger partial charge >= 0.3 is 0 Å². The monoisotopic (exact) mass is 615 g/mol. The molecule has 0 saturated carbocycles. The van der Waals surface area contributed by atoms with E-state index in [0.29, 0.717) is 15.9 Å². The van der Waals surface area contributed by atoms with E-state index in [4.69, 9.17) is 4.74 Å². The molecule has 39 heavy (non-hydrogen) atoms. The molecule has 3 aromatic carbocycles. The highest BCUT2D eigenvalue weighted by molar-refractivity contribution is 9.10. The van der Waals surface area contributed by atoms with Gasteiger partial charge in [-0.05, 0) is 68.3 Å². The van der Waals surface area contributed by atoms with Crippen LogP contribution in [0.25, 0.3) is 0 Å². The fourth-order valence-electron chi connectivity index (χ4n) is 3.86. The number of nitrogens with one attached hydrogen (secondary N) is 1. The van der Waals surface area contributed by atoms with Crippen LogP contribution < -0.4 is 14.4 Å². The number of halogens is 1. The van der Waals surface area contributed by atoms with Crippen LogP contribution in [0.15, 0.2) is 88.2 Å². The number of methoxy groups -OCH3 is 1. The fourth-order valence-corrected chi connectivity index (χ4v) is 5.67. The fraction of sp³-hybridized carbons (Fsp3) is 0.310. The van der Waals surface area contributed by atoms with E-state index in [9.17, 15) is 18.0 Å². The summed E-state index contributed by atoms with van der Waals surface area (Å²) in [6, 6.07) is 21.0. The number of benzene rings is 3. The summed E-state index contributed by atoms with van der Waals surface area (Å²) in [4.78, 5) is 28.5. The van der Waals surface area contributed by atoms with Gasteiger partial charge in [0.05, 0.1) is 17.7 Å². The average molecular weight is 617 g/mol. The highest BCUT2D eigenvalue weighted by Gasteiger charge is 2.32. The summed E-state index contributed by atoms with van der Waals surface area (Å²) in [5.74, 6) is -0.169. The van der Waals surface area contributed by atoms with Crippen molar-refractivity contribution in [2.24, 2.45) is 0 Å². The molecule has 208 valence electrons. The van der Waals surface area contributed by atoms with Crippen LogP contribution in [0.2, 0.25) is 0 Å². The van der Waals surface area contributed by atoms with Crippen molar-refractivity contribution in [3.63, 3.8) is 0 Å². The molecule has 0 aliphatic heterocycles. The standard InChI is InChI=1S/C29H34BrN3O5S/c1-5-21(2)31-29(35)22(3)32(19-23-14-16-26(38-4)17-15-23)28(34)20-33(25-11-9-10-24(30)18-25)39(36,37)27-12-7-6-8-13-27/h6-18,21-22H,5,19-20H2,1-4H3,(H,31,35)/t21-,22+/m0/s1. The first-order valence-corrected chi connectivity index (χ1v) is 14.9. The van der Waals surface area contributed by atoms with Crippen LogP contribution in [0.5, 0.6) is 5.75 Å². The molecule has 0 heterocycles. The van der Waals surface area contributed by atoms with Crippen LogP contribution >= 0.6 is 15.9 Å². The molecule has 2 amide bonds. The predicted octanol–water partition coefficient (Wildman–Crippen LogP) is 4.99.